The Kier molecular flexibility index (Phi) is 7.07. The molecule has 0 aliphatic rings. The molecule has 162 valence electrons. The second-order valence-electron chi connectivity index (χ2n) is 7.49. The van der Waals surface area contributed by atoms with Gasteiger partial charge in [-0.3, -0.25) is 4.79 Å². The molecule has 3 aromatic rings. The van der Waals surface area contributed by atoms with Gasteiger partial charge in [-0.1, -0.05) is 30.3 Å². The molecule has 0 radical (unpaired) electrons. The standard InChI is InChI=1S/C24H26N2O4S/c1-5-30-23(28)24(2,3)26-21(27)13-17-15-31-22(25-17)19-12-11-18(29-4)14-20(19)16-9-7-6-8-10-16/h6-12,14-15H,5,13H2,1-4H3,(H,26,27). The van der Waals surface area contributed by atoms with Crippen molar-refractivity contribution < 1.29 is 19.1 Å². The van der Waals surface area contributed by atoms with Gasteiger partial charge in [0.05, 0.1) is 25.8 Å². The molecule has 1 heterocycles. The number of hydrogen-bond acceptors (Lipinski definition) is 6. The minimum absolute atomic E-state index is 0.0795. The highest BCUT2D eigenvalue weighted by atomic mass is 32.1. The number of methoxy groups -OCH3 is 1. The molecule has 6 nitrogen and oxygen atoms in total. The predicted molar refractivity (Wildman–Crippen MR) is 122 cm³/mol. The molecule has 0 unspecified atom stereocenters. The van der Waals surface area contributed by atoms with Gasteiger partial charge in [-0.25, -0.2) is 9.78 Å². The van der Waals surface area contributed by atoms with E-state index in [0.29, 0.717) is 5.69 Å². The van der Waals surface area contributed by atoms with E-state index in [1.165, 1.54) is 11.3 Å². The first-order valence-electron chi connectivity index (χ1n) is 10.0. The van der Waals surface area contributed by atoms with E-state index in [-0.39, 0.29) is 18.9 Å². The fourth-order valence-electron chi connectivity index (χ4n) is 3.13. The van der Waals surface area contributed by atoms with Crippen LogP contribution in [0.5, 0.6) is 5.75 Å². The van der Waals surface area contributed by atoms with Gasteiger partial charge in [0.1, 0.15) is 16.3 Å². The SMILES string of the molecule is CCOC(=O)C(C)(C)NC(=O)Cc1csc(-c2ccc(OC)cc2-c2ccccc2)n1. The zero-order valence-electron chi connectivity index (χ0n) is 18.1. The van der Waals surface area contributed by atoms with Crippen molar-refractivity contribution in [1.29, 1.82) is 0 Å². The van der Waals surface area contributed by atoms with Crippen LogP contribution in [0.25, 0.3) is 21.7 Å². The van der Waals surface area contributed by atoms with Crippen molar-refractivity contribution in [3.8, 4) is 27.4 Å². The van der Waals surface area contributed by atoms with E-state index in [9.17, 15) is 9.59 Å². The number of carbonyl (C=O) groups is 2. The number of rotatable bonds is 8. The molecule has 1 aromatic heterocycles. The Morgan fingerprint density at radius 3 is 2.52 bits per heavy atom. The number of benzene rings is 2. The monoisotopic (exact) mass is 438 g/mol. The molecule has 3 rings (SSSR count). The van der Waals surface area contributed by atoms with Crippen LogP contribution in [0.4, 0.5) is 0 Å². The fourth-order valence-corrected chi connectivity index (χ4v) is 3.98. The number of amides is 1. The van der Waals surface area contributed by atoms with E-state index in [1.54, 1.807) is 27.9 Å². The number of ether oxygens (including phenoxy) is 2. The highest BCUT2D eigenvalue weighted by Gasteiger charge is 2.31. The summed E-state index contributed by atoms with van der Waals surface area (Å²) in [5.74, 6) is 0.0147. The van der Waals surface area contributed by atoms with Gasteiger partial charge in [-0.05, 0) is 50.1 Å². The zero-order valence-corrected chi connectivity index (χ0v) is 18.9. The van der Waals surface area contributed by atoms with E-state index < -0.39 is 11.5 Å². The third-order valence-electron chi connectivity index (χ3n) is 4.67. The molecule has 0 aliphatic carbocycles. The van der Waals surface area contributed by atoms with E-state index in [4.69, 9.17) is 9.47 Å². The molecule has 0 saturated heterocycles. The van der Waals surface area contributed by atoms with Crippen molar-refractivity contribution in [2.24, 2.45) is 0 Å². The van der Waals surface area contributed by atoms with Gasteiger partial charge in [0, 0.05) is 10.9 Å². The molecule has 1 N–H and O–H groups in total. The minimum atomic E-state index is -1.09. The van der Waals surface area contributed by atoms with Gasteiger partial charge < -0.3 is 14.8 Å². The number of carbonyl (C=O) groups excluding carboxylic acids is 2. The van der Waals surface area contributed by atoms with Gasteiger partial charge in [0.2, 0.25) is 5.91 Å². The topological polar surface area (TPSA) is 77.5 Å². The summed E-state index contributed by atoms with van der Waals surface area (Å²) in [5, 5.41) is 5.41. The number of nitrogens with one attached hydrogen (secondary N) is 1. The third-order valence-corrected chi connectivity index (χ3v) is 5.60. The Balaban J connectivity index is 1.81. The Bertz CT molecular complexity index is 1060. The number of aromatic nitrogens is 1. The quantitative estimate of drug-likeness (QED) is 0.525. The lowest BCUT2D eigenvalue weighted by Crippen LogP contribution is -2.51. The molecule has 0 fully saturated rings. The van der Waals surface area contributed by atoms with Crippen molar-refractivity contribution in [2.75, 3.05) is 13.7 Å². The fraction of sp³-hybridized carbons (Fsp3) is 0.292. The van der Waals surface area contributed by atoms with E-state index in [2.05, 4.69) is 10.3 Å². The van der Waals surface area contributed by atoms with Gasteiger partial charge in [-0.2, -0.15) is 0 Å². The smallest absolute Gasteiger partial charge is 0.331 e. The van der Waals surface area contributed by atoms with Crippen LogP contribution in [0, 0.1) is 0 Å². The molecule has 0 aliphatic heterocycles. The maximum absolute atomic E-state index is 12.5. The zero-order chi connectivity index (χ0) is 22.4. The van der Waals surface area contributed by atoms with Crippen LogP contribution in [-0.2, 0) is 20.7 Å². The van der Waals surface area contributed by atoms with Gasteiger partial charge >= 0.3 is 5.97 Å². The van der Waals surface area contributed by atoms with Gasteiger partial charge in [0.15, 0.2) is 0 Å². The molecule has 0 saturated carbocycles. The second kappa shape index (κ2) is 9.75. The summed E-state index contributed by atoms with van der Waals surface area (Å²) in [5.41, 5.74) is 2.58. The van der Waals surface area contributed by atoms with Crippen LogP contribution in [0.15, 0.2) is 53.9 Å². The number of thiazole rings is 1. The first-order chi connectivity index (χ1) is 14.8. The molecule has 0 atom stereocenters. The average molecular weight is 439 g/mol. The molecular weight excluding hydrogens is 412 g/mol. The van der Waals surface area contributed by atoms with Crippen LogP contribution >= 0.6 is 11.3 Å². The van der Waals surface area contributed by atoms with Crippen LogP contribution in [0.1, 0.15) is 26.5 Å². The van der Waals surface area contributed by atoms with Crippen LogP contribution < -0.4 is 10.1 Å². The van der Waals surface area contributed by atoms with Crippen molar-refractivity contribution in [3.05, 3.63) is 59.6 Å². The Morgan fingerprint density at radius 1 is 1.10 bits per heavy atom. The first-order valence-corrected chi connectivity index (χ1v) is 10.9. The summed E-state index contributed by atoms with van der Waals surface area (Å²) in [7, 11) is 1.64. The minimum Gasteiger partial charge on any atom is -0.497 e. The van der Waals surface area contributed by atoms with E-state index in [1.807, 2.05) is 53.9 Å². The Labute approximate surface area is 186 Å². The average Bonchev–Trinajstić information content (AvgIpc) is 3.21. The lowest BCUT2D eigenvalue weighted by atomic mass is 9.99. The van der Waals surface area contributed by atoms with E-state index >= 15 is 0 Å². The molecular formula is C24H26N2O4S. The van der Waals surface area contributed by atoms with Gasteiger partial charge in [0.25, 0.3) is 0 Å². The maximum atomic E-state index is 12.5. The first kappa shape index (κ1) is 22.5. The summed E-state index contributed by atoms with van der Waals surface area (Å²) < 4.78 is 10.4. The van der Waals surface area contributed by atoms with Gasteiger partial charge in [-0.15, -0.1) is 11.3 Å². The Morgan fingerprint density at radius 2 is 1.84 bits per heavy atom. The normalized spacial score (nSPS) is 11.1. The summed E-state index contributed by atoms with van der Waals surface area (Å²) in [4.78, 5) is 29.2. The third kappa shape index (κ3) is 5.49. The number of nitrogens with zero attached hydrogens (tertiary/aromatic N) is 1. The Hall–Kier alpha value is -3.19. The molecule has 2 aromatic carbocycles. The lowest BCUT2D eigenvalue weighted by molar-refractivity contribution is -0.151. The van der Waals surface area contributed by atoms with Crippen molar-refractivity contribution in [2.45, 2.75) is 32.7 Å². The summed E-state index contributed by atoms with van der Waals surface area (Å²) in [6.07, 6.45) is 0.0795. The van der Waals surface area contributed by atoms with Crippen LogP contribution in [0.2, 0.25) is 0 Å². The number of esters is 1. The van der Waals surface area contributed by atoms with Crippen molar-refractivity contribution in [3.63, 3.8) is 0 Å². The summed E-state index contributed by atoms with van der Waals surface area (Å²) in [6.45, 7) is 5.24. The molecule has 31 heavy (non-hydrogen) atoms. The molecule has 7 heteroatoms. The van der Waals surface area contributed by atoms with Crippen molar-refractivity contribution in [1.82, 2.24) is 10.3 Å². The largest absolute Gasteiger partial charge is 0.497 e. The second-order valence-corrected chi connectivity index (χ2v) is 8.35. The maximum Gasteiger partial charge on any atom is 0.331 e. The van der Waals surface area contributed by atoms with Crippen LogP contribution in [-0.4, -0.2) is 36.1 Å². The lowest BCUT2D eigenvalue weighted by Gasteiger charge is -2.23. The van der Waals surface area contributed by atoms with Crippen molar-refractivity contribution >= 4 is 23.2 Å². The highest BCUT2D eigenvalue weighted by Crippen LogP contribution is 2.36. The summed E-state index contributed by atoms with van der Waals surface area (Å²) >= 11 is 1.48. The predicted octanol–water partition coefficient (Wildman–Crippen LogP) is 4.49. The highest BCUT2D eigenvalue weighted by molar-refractivity contribution is 7.13. The van der Waals surface area contributed by atoms with E-state index in [0.717, 1.165) is 27.4 Å². The summed E-state index contributed by atoms with van der Waals surface area (Å²) in [6, 6.07) is 15.9. The molecule has 0 spiro atoms. The molecule has 1 amide bonds. The van der Waals surface area contributed by atoms with Crippen LogP contribution in [0.3, 0.4) is 0 Å². The number of hydrogen-bond donors (Lipinski definition) is 1. The molecule has 0 bridgehead atoms.